The van der Waals surface area contributed by atoms with Crippen molar-refractivity contribution in [3.8, 4) is 0 Å². The number of carbonyl (C=O) groups is 2. The van der Waals surface area contributed by atoms with Crippen molar-refractivity contribution in [2.75, 3.05) is 42.9 Å². The van der Waals surface area contributed by atoms with Gasteiger partial charge in [0.1, 0.15) is 5.60 Å². The first-order valence-electron chi connectivity index (χ1n) is 13.5. The zero-order valence-electron chi connectivity index (χ0n) is 23.3. The van der Waals surface area contributed by atoms with Crippen LogP contribution in [0.3, 0.4) is 0 Å². The first-order chi connectivity index (χ1) is 17.9. The summed E-state index contributed by atoms with van der Waals surface area (Å²) in [5.74, 6) is -0.896. The van der Waals surface area contributed by atoms with Crippen molar-refractivity contribution in [1.29, 1.82) is 0 Å². The topological polar surface area (TPSA) is 82.1 Å². The van der Waals surface area contributed by atoms with E-state index >= 15 is 0 Å². The third kappa shape index (κ3) is 7.38. The maximum Gasteiger partial charge on any atom is 0.412 e. The average molecular weight is 520 g/mol. The summed E-state index contributed by atoms with van der Waals surface area (Å²) in [4.78, 5) is 28.3. The van der Waals surface area contributed by atoms with Gasteiger partial charge in [-0.25, -0.2) is 9.59 Å². The number of ether oxygens (including phenoxy) is 1. The van der Waals surface area contributed by atoms with Crippen molar-refractivity contribution < 1.29 is 19.4 Å². The van der Waals surface area contributed by atoms with Crippen molar-refractivity contribution >= 4 is 29.0 Å². The number of allylic oxidation sites excluding steroid dienone is 1. The van der Waals surface area contributed by atoms with E-state index in [-0.39, 0.29) is 5.41 Å². The highest BCUT2D eigenvalue weighted by molar-refractivity contribution is 5.88. The number of amides is 1. The van der Waals surface area contributed by atoms with Gasteiger partial charge in [-0.15, -0.1) is 0 Å². The Morgan fingerprint density at radius 1 is 1.03 bits per heavy atom. The largest absolute Gasteiger partial charge is 0.478 e. The second kappa shape index (κ2) is 11.2. The van der Waals surface area contributed by atoms with Gasteiger partial charge in [0.25, 0.3) is 0 Å². The van der Waals surface area contributed by atoms with E-state index in [0.717, 1.165) is 63.4 Å². The molecule has 4 rings (SSSR count). The highest BCUT2D eigenvalue weighted by atomic mass is 16.6. The lowest BCUT2D eigenvalue weighted by Crippen LogP contribution is -2.47. The summed E-state index contributed by atoms with van der Waals surface area (Å²) in [5, 5.41) is 12.1. The average Bonchev–Trinajstić information content (AvgIpc) is 2.83. The molecule has 2 N–H and O–H groups in total. The molecular weight excluding hydrogens is 478 g/mol. The fourth-order valence-electron chi connectivity index (χ4n) is 5.37. The molecule has 0 saturated carbocycles. The van der Waals surface area contributed by atoms with E-state index in [1.165, 1.54) is 16.7 Å². The lowest BCUT2D eigenvalue weighted by atomic mass is 9.72. The number of piperazine rings is 1. The Morgan fingerprint density at radius 2 is 1.71 bits per heavy atom. The molecule has 2 aromatic rings. The molecule has 1 saturated heterocycles. The van der Waals surface area contributed by atoms with Gasteiger partial charge in [0.2, 0.25) is 0 Å². The predicted molar refractivity (Wildman–Crippen MR) is 153 cm³/mol. The van der Waals surface area contributed by atoms with E-state index in [1.54, 1.807) is 12.1 Å². The molecule has 0 unspecified atom stereocenters. The second-order valence-electron chi connectivity index (χ2n) is 12.2. The molecular formula is C31H41N3O4. The van der Waals surface area contributed by atoms with E-state index in [9.17, 15) is 9.59 Å². The van der Waals surface area contributed by atoms with Crippen LogP contribution in [0.2, 0.25) is 0 Å². The Bertz CT molecular complexity index is 1190. The van der Waals surface area contributed by atoms with Crippen molar-refractivity contribution in [1.82, 2.24) is 4.90 Å². The Labute approximate surface area is 226 Å². The third-order valence-electron chi connectivity index (χ3n) is 7.29. The number of rotatable bonds is 6. The number of carboxylic acids is 1. The number of nitrogens with zero attached hydrogens (tertiary/aromatic N) is 2. The Morgan fingerprint density at radius 3 is 2.34 bits per heavy atom. The van der Waals surface area contributed by atoms with E-state index in [4.69, 9.17) is 9.84 Å². The molecule has 0 aromatic heterocycles. The quantitative estimate of drug-likeness (QED) is 0.452. The van der Waals surface area contributed by atoms with Gasteiger partial charge in [-0.1, -0.05) is 31.6 Å². The number of carbonyl (C=O) groups excluding carboxylic acids is 1. The molecule has 2 aromatic carbocycles. The summed E-state index contributed by atoms with van der Waals surface area (Å²) in [7, 11) is 0. The van der Waals surface area contributed by atoms with Gasteiger partial charge in [-0.2, -0.15) is 0 Å². The SMILES string of the molecule is CC1(C)CCC(c2cccc(NC(=O)OC(C)(C)C)c2)=C(CN2CCN(c3ccc(C(=O)O)cc3)CC2)C1. The normalized spacial score (nSPS) is 18.3. The van der Waals surface area contributed by atoms with E-state index in [2.05, 4.69) is 41.1 Å². The molecule has 0 radical (unpaired) electrons. The molecule has 0 spiro atoms. The van der Waals surface area contributed by atoms with Gasteiger partial charge in [0.05, 0.1) is 5.56 Å². The minimum atomic E-state index is -0.896. The van der Waals surface area contributed by atoms with Crippen LogP contribution < -0.4 is 10.2 Å². The van der Waals surface area contributed by atoms with Crippen molar-refractivity contribution in [2.24, 2.45) is 5.41 Å². The number of hydrogen-bond acceptors (Lipinski definition) is 5. The summed E-state index contributed by atoms with van der Waals surface area (Å²) in [6.45, 7) is 15.0. The molecule has 7 heteroatoms. The Hall–Kier alpha value is -3.32. The number of hydrogen-bond donors (Lipinski definition) is 2. The fourth-order valence-corrected chi connectivity index (χ4v) is 5.37. The van der Waals surface area contributed by atoms with Gasteiger partial charge in [0, 0.05) is 44.1 Å². The molecule has 1 fully saturated rings. The maximum absolute atomic E-state index is 12.3. The van der Waals surface area contributed by atoms with Crippen LogP contribution in [-0.4, -0.2) is 60.4 Å². The lowest BCUT2D eigenvalue weighted by molar-refractivity contribution is 0.0634. The van der Waals surface area contributed by atoms with E-state index in [0.29, 0.717) is 5.56 Å². The maximum atomic E-state index is 12.3. The molecule has 1 heterocycles. The first kappa shape index (κ1) is 27.7. The zero-order valence-corrected chi connectivity index (χ0v) is 23.3. The van der Waals surface area contributed by atoms with Gasteiger partial charge < -0.3 is 14.7 Å². The third-order valence-corrected chi connectivity index (χ3v) is 7.29. The molecule has 204 valence electrons. The molecule has 38 heavy (non-hydrogen) atoms. The van der Waals surface area contributed by atoms with Crippen LogP contribution in [0.5, 0.6) is 0 Å². The van der Waals surface area contributed by atoms with Gasteiger partial charge in [-0.05, 0) is 93.0 Å². The summed E-state index contributed by atoms with van der Waals surface area (Å²) in [6, 6.07) is 15.3. The molecule has 7 nitrogen and oxygen atoms in total. The highest BCUT2D eigenvalue weighted by Gasteiger charge is 2.29. The predicted octanol–water partition coefficient (Wildman–Crippen LogP) is 6.52. The van der Waals surface area contributed by atoms with Gasteiger partial charge in [-0.3, -0.25) is 10.2 Å². The summed E-state index contributed by atoms with van der Waals surface area (Å²) in [5.41, 5.74) is 5.90. The first-order valence-corrected chi connectivity index (χ1v) is 13.5. The number of aromatic carboxylic acids is 1. The molecule has 1 aliphatic carbocycles. The standard InChI is InChI=1S/C31H41N3O4/c1-30(2,3)38-29(37)32-25-8-6-7-23(19-25)27-13-14-31(4,5)20-24(27)21-33-15-17-34(18-16-33)26-11-9-22(10-12-26)28(35)36/h6-12,19H,13-18,20-21H2,1-5H3,(H,32,37)(H,35,36). The molecule has 2 aliphatic rings. The van der Waals surface area contributed by atoms with Crippen molar-refractivity contribution in [3.05, 3.63) is 65.2 Å². The van der Waals surface area contributed by atoms with Crippen molar-refractivity contribution in [2.45, 2.75) is 59.5 Å². The molecule has 1 amide bonds. The van der Waals surface area contributed by atoms with E-state index in [1.807, 2.05) is 45.0 Å². The van der Waals surface area contributed by atoms with Crippen LogP contribution >= 0.6 is 0 Å². The number of carboxylic acid groups (broad SMARTS) is 1. The fraction of sp³-hybridized carbons (Fsp3) is 0.484. The van der Waals surface area contributed by atoms with Crippen LogP contribution in [0.1, 0.15) is 69.8 Å². The molecule has 1 aliphatic heterocycles. The second-order valence-corrected chi connectivity index (χ2v) is 12.2. The molecule has 0 bridgehead atoms. The van der Waals surface area contributed by atoms with Crippen molar-refractivity contribution in [3.63, 3.8) is 0 Å². The summed E-state index contributed by atoms with van der Waals surface area (Å²) >= 11 is 0. The van der Waals surface area contributed by atoms with Crippen LogP contribution in [0, 0.1) is 5.41 Å². The van der Waals surface area contributed by atoms with E-state index < -0.39 is 17.7 Å². The van der Waals surface area contributed by atoms with Crippen LogP contribution in [0.4, 0.5) is 16.2 Å². The number of nitrogens with one attached hydrogen (secondary N) is 1. The number of benzene rings is 2. The lowest BCUT2D eigenvalue weighted by Gasteiger charge is -2.39. The van der Waals surface area contributed by atoms with Crippen LogP contribution in [0.15, 0.2) is 54.1 Å². The van der Waals surface area contributed by atoms with Gasteiger partial charge >= 0.3 is 12.1 Å². The van der Waals surface area contributed by atoms with Gasteiger partial charge in [0.15, 0.2) is 0 Å². The minimum Gasteiger partial charge on any atom is -0.478 e. The smallest absolute Gasteiger partial charge is 0.412 e. The summed E-state index contributed by atoms with van der Waals surface area (Å²) in [6.07, 6.45) is 2.77. The number of anilines is 2. The summed E-state index contributed by atoms with van der Waals surface area (Å²) < 4.78 is 5.43. The monoisotopic (exact) mass is 519 g/mol. The zero-order chi connectivity index (χ0) is 27.5. The molecule has 0 atom stereocenters. The van der Waals surface area contributed by atoms with Crippen LogP contribution in [0.25, 0.3) is 5.57 Å². The Balaban J connectivity index is 1.46. The highest BCUT2D eigenvalue weighted by Crippen LogP contribution is 2.43. The minimum absolute atomic E-state index is 0.263. The Kier molecular flexibility index (Phi) is 8.16. The van der Waals surface area contributed by atoms with Crippen LogP contribution in [-0.2, 0) is 4.74 Å².